The molecule has 1 fully saturated rings. The minimum Gasteiger partial charge on any atom is -0.488 e. The number of benzene rings is 2. The van der Waals surface area contributed by atoms with Crippen LogP contribution < -0.4 is 9.47 Å². The number of ether oxygens (including phenoxy) is 3. The molecule has 2 atom stereocenters. The van der Waals surface area contributed by atoms with Crippen LogP contribution in [0.25, 0.3) is 0 Å². The SMILES string of the molecule is O=C(OCc1ccccc1)N1C[C@@H](Oc2ccc(OC(F)(F)F)cc2)C[C@H]1CO. The first-order chi connectivity index (χ1) is 13.8. The highest BCUT2D eigenvalue weighted by Crippen LogP contribution is 2.27. The van der Waals surface area contributed by atoms with Gasteiger partial charge in [0.15, 0.2) is 0 Å². The molecule has 0 spiro atoms. The fourth-order valence-electron chi connectivity index (χ4n) is 3.07. The molecular formula is C20H20F3NO5. The van der Waals surface area contributed by atoms with Crippen LogP contribution in [0, 0.1) is 0 Å². The van der Waals surface area contributed by atoms with Crippen molar-refractivity contribution in [2.24, 2.45) is 0 Å². The summed E-state index contributed by atoms with van der Waals surface area (Å²) in [6.07, 6.45) is -5.38. The van der Waals surface area contributed by atoms with E-state index >= 15 is 0 Å². The van der Waals surface area contributed by atoms with Crippen LogP contribution in [0.5, 0.6) is 11.5 Å². The summed E-state index contributed by atoms with van der Waals surface area (Å²) in [6.45, 7) is 0.0544. The monoisotopic (exact) mass is 411 g/mol. The van der Waals surface area contributed by atoms with Gasteiger partial charge in [0.25, 0.3) is 0 Å². The molecule has 1 aliphatic heterocycles. The van der Waals surface area contributed by atoms with E-state index in [2.05, 4.69) is 4.74 Å². The first-order valence-corrected chi connectivity index (χ1v) is 8.94. The minimum absolute atomic E-state index is 0.112. The predicted molar refractivity (Wildman–Crippen MR) is 96.4 cm³/mol. The highest BCUT2D eigenvalue weighted by atomic mass is 19.4. The third-order valence-corrected chi connectivity index (χ3v) is 4.39. The van der Waals surface area contributed by atoms with Crippen LogP contribution in [0.4, 0.5) is 18.0 Å². The van der Waals surface area contributed by atoms with E-state index in [0.29, 0.717) is 12.2 Å². The Kier molecular flexibility index (Phi) is 6.48. The minimum atomic E-state index is -4.76. The lowest BCUT2D eigenvalue weighted by atomic mass is 10.2. The normalized spacial score (nSPS) is 19.1. The van der Waals surface area contributed by atoms with Gasteiger partial charge in [-0.3, -0.25) is 4.90 Å². The maximum atomic E-state index is 12.4. The van der Waals surface area contributed by atoms with Gasteiger partial charge in [-0.15, -0.1) is 13.2 Å². The van der Waals surface area contributed by atoms with Crippen molar-refractivity contribution in [1.29, 1.82) is 0 Å². The average molecular weight is 411 g/mol. The van der Waals surface area contributed by atoms with E-state index in [4.69, 9.17) is 9.47 Å². The van der Waals surface area contributed by atoms with Crippen LogP contribution in [0.2, 0.25) is 0 Å². The van der Waals surface area contributed by atoms with Crippen molar-refractivity contribution in [3.8, 4) is 11.5 Å². The lowest BCUT2D eigenvalue weighted by Crippen LogP contribution is -2.38. The predicted octanol–water partition coefficient (Wildman–Crippen LogP) is 3.74. The third-order valence-electron chi connectivity index (χ3n) is 4.39. The number of carbonyl (C=O) groups is 1. The van der Waals surface area contributed by atoms with E-state index in [0.717, 1.165) is 17.7 Å². The van der Waals surface area contributed by atoms with Gasteiger partial charge in [-0.2, -0.15) is 0 Å². The quantitative estimate of drug-likeness (QED) is 0.785. The molecule has 0 radical (unpaired) electrons. The standard InChI is InChI=1S/C20H20F3NO5/c21-20(22,23)29-17-8-6-16(7-9-17)28-18-10-15(12-25)24(11-18)19(26)27-13-14-4-2-1-3-5-14/h1-9,15,18,25H,10-13H2/t15-,18-/m0/s1. The van der Waals surface area contributed by atoms with Gasteiger partial charge in [0.05, 0.1) is 19.2 Å². The topological polar surface area (TPSA) is 68.2 Å². The van der Waals surface area contributed by atoms with Crippen molar-refractivity contribution in [1.82, 2.24) is 4.90 Å². The summed E-state index contributed by atoms with van der Waals surface area (Å²) in [7, 11) is 0. The zero-order chi connectivity index (χ0) is 20.9. The van der Waals surface area contributed by atoms with E-state index < -0.39 is 24.6 Å². The zero-order valence-electron chi connectivity index (χ0n) is 15.3. The van der Waals surface area contributed by atoms with Gasteiger partial charge >= 0.3 is 12.5 Å². The van der Waals surface area contributed by atoms with E-state index in [1.54, 1.807) is 0 Å². The summed E-state index contributed by atoms with van der Waals surface area (Å²) < 4.78 is 51.5. The highest BCUT2D eigenvalue weighted by molar-refractivity contribution is 5.68. The Morgan fingerprint density at radius 3 is 2.34 bits per heavy atom. The van der Waals surface area contributed by atoms with Crippen LogP contribution in [0.15, 0.2) is 54.6 Å². The molecular weight excluding hydrogens is 391 g/mol. The number of hydrogen-bond acceptors (Lipinski definition) is 5. The molecule has 0 aromatic heterocycles. The Morgan fingerprint density at radius 1 is 1.07 bits per heavy atom. The van der Waals surface area contributed by atoms with E-state index in [-0.39, 0.29) is 25.5 Å². The zero-order valence-corrected chi connectivity index (χ0v) is 15.3. The fraction of sp³-hybridized carbons (Fsp3) is 0.350. The molecule has 0 aliphatic carbocycles. The molecule has 0 saturated carbocycles. The second-order valence-electron chi connectivity index (χ2n) is 6.52. The maximum absolute atomic E-state index is 12.4. The Morgan fingerprint density at radius 2 is 1.72 bits per heavy atom. The summed E-state index contributed by atoms with van der Waals surface area (Å²) in [5.41, 5.74) is 0.842. The van der Waals surface area contributed by atoms with Gasteiger partial charge in [-0.25, -0.2) is 4.79 Å². The van der Waals surface area contributed by atoms with Crippen molar-refractivity contribution in [2.75, 3.05) is 13.2 Å². The van der Waals surface area contributed by atoms with Crippen molar-refractivity contribution in [2.45, 2.75) is 31.5 Å². The molecule has 2 aromatic rings. The number of halogens is 3. The first-order valence-electron chi connectivity index (χ1n) is 8.94. The van der Waals surface area contributed by atoms with Crippen molar-refractivity contribution < 1.29 is 37.3 Å². The molecule has 0 unspecified atom stereocenters. The Hall–Kier alpha value is -2.94. The number of carbonyl (C=O) groups excluding carboxylic acids is 1. The summed E-state index contributed by atoms with van der Waals surface area (Å²) >= 11 is 0. The van der Waals surface area contributed by atoms with Gasteiger partial charge in [0.1, 0.15) is 24.2 Å². The smallest absolute Gasteiger partial charge is 0.488 e. The number of amides is 1. The van der Waals surface area contributed by atoms with E-state index in [9.17, 15) is 23.1 Å². The molecule has 9 heteroatoms. The third kappa shape index (κ3) is 6.02. The molecule has 156 valence electrons. The molecule has 29 heavy (non-hydrogen) atoms. The lowest BCUT2D eigenvalue weighted by molar-refractivity contribution is -0.274. The Labute approximate surface area is 165 Å². The summed E-state index contributed by atoms with van der Waals surface area (Å²) in [6, 6.07) is 13.7. The molecule has 6 nitrogen and oxygen atoms in total. The van der Waals surface area contributed by atoms with E-state index in [1.807, 2.05) is 30.3 Å². The number of likely N-dealkylation sites (tertiary alicyclic amines) is 1. The second-order valence-corrected chi connectivity index (χ2v) is 6.52. The van der Waals surface area contributed by atoms with Gasteiger partial charge in [0, 0.05) is 6.42 Å². The Balaban J connectivity index is 1.55. The number of nitrogens with zero attached hydrogens (tertiary/aromatic N) is 1. The molecule has 1 amide bonds. The fourth-order valence-corrected chi connectivity index (χ4v) is 3.07. The number of aliphatic hydroxyl groups is 1. The number of aliphatic hydroxyl groups excluding tert-OH is 1. The number of hydrogen-bond donors (Lipinski definition) is 1. The number of rotatable bonds is 6. The second kappa shape index (κ2) is 9.04. The van der Waals surface area contributed by atoms with Gasteiger partial charge in [-0.1, -0.05) is 30.3 Å². The molecule has 1 heterocycles. The van der Waals surface area contributed by atoms with Crippen LogP contribution in [-0.4, -0.2) is 47.8 Å². The summed E-state index contributed by atoms with van der Waals surface area (Å²) in [5, 5.41) is 9.57. The Bertz CT molecular complexity index is 798. The van der Waals surface area contributed by atoms with Crippen molar-refractivity contribution in [3.63, 3.8) is 0 Å². The van der Waals surface area contributed by atoms with Gasteiger partial charge in [0.2, 0.25) is 0 Å². The molecule has 0 bridgehead atoms. The van der Waals surface area contributed by atoms with Crippen LogP contribution in [0.3, 0.4) is 0 Å². The van der Waals surface area contributed by atoms with Gasteiger partial charge < -0.3 is 19.3 Å². The lowest BCUT2D eigenvalue weighted by Gasteiger charge is -2.21. The summed E-state index contributed by atoms with van der Waals surface area (Å²) in [5.74, 6) is -0.0173. The van der Waals surface area contributed by atoms with Crippen LogP contribution in [0.1, 0.15) is 12.0 Å². The van der Waals surface area contributed by atoms with Crippen LogP contribution in [-0.2, 0) is 11.3 Å². The molecule has 1 N–H and O–H groups in total. The first kappa shape index (κ1) is 20.8. The molecule has 1 aliphatic rings. The maximum Gasteiger partial charge on any atom is 0.573 e. The van der Waals surface area contributed by atoms with Crippen molar-refractivity contribution in [3.05, 3.63) is 60.2 Å². The largest absolute Gasteiger partial charge is 0.573 e. The molecule has 2 aromatic carbocycles. The number of alkyl halides is 3. The summed E-state index contributed by atoms with van der Waals surface area (Å²) in [4.78, 5) is 13.8. The molecule has 3 rings (SSSR count). The highest BCUT2D eigenvalue weighted by Gasteiger charge is 2.37. The van der Waals surface area contributed by atoms with Crippen molar-refractivity contribution >= 4 is 6.09 Å². The molecule has 1 saturated heterocycles. The van der Waals surface area contributed by atoms with E-state index in [1.165, 1.54) is 17.0 Å². The average Bonchev–Trinajstić information content (AvgIpc) is 3.10. The van der Waals surface area contributed by atoms with Crippen LogP contribution >= 0.6 is 0 Å². The van der Waals surface area contributed by atoms with Gasteiger partial charge in [-0.05, 0) is 29.8 Å².